The van der Waals surface area contributed by atoms with Gasteiger partial charge in [-0.1, -0.05) is 11.6 Å². The molecular formula is C7H10Cl2N2O3S. The minimum atomic E-state index is -3.90. The van der Waals surface area contributed by atoms with Gasteiger partial charge in [0, 0.05) is 24.3 Å². The number of halogens is 2. The maximum Gasteiger partial charge on any atom is 0.266 e. The maximum atomic E-state index is 11.3. The molecule has 8 heteroatoms. The van der Waals surface area contributed by atoms with Gasteiger partial charge in [-0.2, -0.15) is 5.10 Å². The zero-order valence-corrected chi connectivity index (χ0v) is 10.5. The van der Waals surface area contributed by atoms with E-state index in [1.54, 1.807) is 6.92 Å². The molecule has 0 N–H and O–H groups in total. The van der Waals surface area contributed by atoms with Crippen molar-refractivity contribution in [3.63, 3.8) is 0 Å². The first kappa shape index (κ1) is 12.8. The highest BCUT2D eigenvalue weighted by atomic mass is 35.7. The van der Waals surface area contributed by atoms with Crippen molar-refractivity contribution in [1.29, 1.82) is 0 Å². The van der Waals surface area contributed by atoms with E-state index in [2.05, 4.69) is 5.10 Å². The van der Waals surface area contributed by atoms with Crippen LogP contribution in [0.1, 0.15) is 12.6 Å². The van der Waals surface area contributed by atoms with Gasteiger partial charge in [0.05, 0.1) is 6.61 Å². The fourth-order valence-electron chi connectivity index (χ4n) is 1.15. The summed E-state index contributed by atoms with van der Waals surface area (Å²) < 4.78 is 28.7. The van der Waals surface area contributed by atoms with Crippen LogP contribution in [0.4, 0.5) is 0 Å². The van der Waals surface area contributed by atoms with Gasteiger partial charge in [0.1, 0.15) is 15.7 Å². The number of hydrogen-bond acceptors (Lipinski definition) is 4. The molecule has 5 nitrogen and oxygen atoms in total. The van der Waals surface area contributed by atoms with Gasteiger partial charge in [-0.3, -0.25) is 4.68 Å². The van der Waals surface area contributed by atoms with E-state index in [1.807, 2.05) is 0 Å². The van der Waals surface area contributed by atoms with Crippen LogP contribution in [0.5, 0.6) is 0 Å². The van der Waals surface area contributed by atoms with E-state index < -0.39 is 9.05 Å². The van der Waals surface area contributed by atoms with Gasteiger partial charge in [0.2, 0.25) is 0 Å². The average molecular weight is 273 g/mol. The molecule has 1 rings (SSSR count). The molecule has 0 saturated heterocycles. The predicted octanol–water partition coefficient (Wildman–Crippen LogP) is 1.63. The molecule has 0 radical (unpaired) electrons. The second kappa shape index (κ2) is 4.69. The number of aryl methyl sites for hydroxylation is 1. The summed E-state index contributed by atoms with van der Waals surface area (Å²) >= 11 is 5.83. The number of rotatable bonds is 4. The SMILES string of the molecule is CCn1nc(COC)c(S(=O)(=O)Cl)c1Cl. The summed E-state index contributed by atoms with van der Waals surface area (Å²) in [4.78, 5) is -0.172. The first-order chi connectivity index (χ1) is 6.91. The van der Waals surface area contributed by atoms with Crippen LogP contribution in [0.3, 0.4) is 0 Å². The van der Waals surface area contributed by atoms with Crippen LogP contribution in [0.25, 0.3) is 0 Å². The molecule has 0 aliphatic carbocycles. The van der Waals surface area contributed by atoms with Gasteiger partial charge in [0.15, 0.2) is 0 Å². The van der Waals surface area contributed by atoms with Crippen LogP contribution in [0.15, 0.2) is 4.90 Å². The van der Waals surface area contributed by atoms with E-state index in [4.69, 9.17) is 27.0 Å². The molecule has 1 aromatic heterocycles. The molecule has 86 valence electrons. The van der Waals surface area contributed by atoms with Gasteiger partial charge in [-0.05, 0) is 6.92 Å². The summed E-state index contributed by atoms with van der Waals surface area (Å²) in [6, 6.07) is 0. The summed E-state index contributed by atoms with van der Waals surface area (Å²) in [6.07, 6.45) is 0. The maximum absolute atomic E-state index is 11.3. The fraction of sp³-hybridized carbons (Fsp3) is 0.571. The van der Waals surface area contributed by atoms with Crippen molar-refractivity contribution >= 4 is 31.3 Å². The van der Waals surface area contributed by atoms with Crippen LogP contribution in [0, 0.1) is 0 Å². The Hall–Kier alpha value is -0.300. The number of ether oxygens (including phenoxy) is 1. The number of nitrogens with zero attached hydrogens (tertiary/aromatic N) is 2. The summed E-state index contributed by atoms with van der Waals surface area (Å²) in [6.45, 7) is 2.30. The molecule has 0 spiro atoms. The quantitative estimate of drug-likeness (QED) is 0.782. The van der Waals surface area contributed by atoms with Gasteiger partial charge in [0.25, 0.3) is 9.05 Å². The first-order valence-electron chi connectivity index (χ1n) is 4.10. The van der Waals surface area contributed by atoms with E-state index >= 15 is 0 Å². The summed E-state index contributed by atoms with van der Waals surface area (Å²) in [5.74, 6) is 0. The van der Waals surface area contributed by atoms with E-state index in [1.165, 1.54) is 11.8 Å². The number of aromatic nitrogens is 2. The van der Waals surface area contributed by atoms with Crippen LogP contribution < -0.4 is 0 Å². The molecule has 0 aromatic carbocycles. The molecule has 1 aromatic rings. The highest BCUT2D eigenvalue weighted by Gasteiger charge is 2.25. The standard InChI is InChI=1S/C7H10Cl2N2O3S/c1-3-11-7(8)6(15(9,12)13)5(10-11)4-14-2/h3-4H2,1-2H3. The molecule has 15 heavy (non-hydrogen) atoms. The van der Waals surface area contributed by atoms with Crippen LogP contribution in [-0.2, 0) is 26.9 Å². The van der Waals surface area contributed by atoms with Crippen LogP contribution >= 0.6 is 22.3 Å². The highest BCUT2D eigenvalue weighted by molar-refractivity contribution is 8.13. The summed E-state index contributed by atoms with van der Waals surface area (Å²) in [5, 5.41) is 3.99. The second-order valence-corrected chi connectivity index (χ2v) is 5.61. The van der Waals surface area contributed by atoms with Crippen molar-refractivity contribution in [3.05, 3.63) is 10.8 Å². The van der Waals surface area contributed by atoms with Crippen molar-refractivity contribution in [2.75, 3.05) is 7.11 Å². The summed E-state index contributed by atoms with van der Waals surface area (Å²) in [5.41, 5.74) is 0.222. The molecule has 0 bridgehead atoms. The third kappa shape index (κ3) is 2.63. The van der Waals surface area contributed by atoms with Gasteiger partial charge in [-0.25, -0.2) is 8.42 Å². The topological polar surface area (TPSA) is 61.2 Å². The van der Waals surface area contributed by atoms with E-state index in [9.17, 15) is 8.42 Å². The minimum Gasteiger partial charge on any atom is -0.378 e. The monoisotopic (exact) mass is 272 g/mol. The van der Waals surface area contributed by atoms with E-state index in [-0.39, 0.29) is 22.3 Å². The Morgan fingerprint density at radius 1 is 1.53 bits per heavy atom. The zero-order valence-electron chi connectivity index (χ0n) is 8.20. The fourth-order valence-corrected chi connectivity index (χ4v) is 3.02. The Morgan fingerprint density at radius 3 is 2.53 bits per heavy atom. The normalized spacial score (nSPS) is 12.0. The lowest BCUT2D eigenvalue weighted by molar-refractivity contribution is 0.178. The summed E-state index contributed by atoms with van der Waals surface area (Å²) in [7, 11) is 2.79. The van der Waals surface area contributed by atoms with Crippen molar-refractivity contribution in [3.8, 4) is 0 Å². The van der Waals surface area contributed by atoms with Crippen molar-refractivity contribution in [2.45, 2.75) is 25.0 Å². The molecule has 0 amide bonds. The Morgan fingerprint density at radius 2 is 2.13 bits per heavy atom. The van der Waals surface area contributed by atoms with Gasteiger partial charge in [-0.15, -0.1) is 0 Å². The third-order valence-corrected chi connectivity index (χ3v) is 3.62. The van der Waals surface area contributed by atoms with Crippen molar-refractivity contribution in [1.82, 2.24) is 9.78 Å². The molecule has 0 aliphatic heterocycles. The lowest BCUT2D eigenvalue weighted by atomic mass is 10.5. The number of methoxy groups -OCH3 is 1. The van der Waals surface area contributed by atoms with Crippen LogP contribution in [0.2, 0.25) is 5.15 Å². The molecule has 0 fully saturated rings. The lowest BCUT2D eigenvalue weighted by Gasteiger charge is -1.97. The smallest absolute Gasteiger partial charge is 0.266 e. The molecule has 0 aliphatic rings. The largest absolute Gasteiger partial charge is 0.378 e. The first-order valence-corrected chi connectivity index (χ1v) is 6.79. The minimum absolute atomic E-state index is 0.0135. The van der Waals surface area contributed by atoms with Gasteiger partial charge >= 0.3 is 0 Å². The molecule has 1 heterocycles. The Labute approximate surface area is 97.3 Å². The number of hydrogen-bond donors (Lipinski definition) is 0. The molecule has 0 saturated carbocycles. The predicted molar refractivity (Wildman–Crippen MR) is 56.7 cm³/mol. The Balaban J connectivity index is 3.39. The lowest BCUT2D eigenvalue weighted by Crippen LogP contribution is -1.98. The van der Waals surface area contributed by atoms with Crippen molar-refractivity contribution in [2.24, 2.45) is 0 Å². The second-order valence-electron chi connectivity index (χ2n) is 2.75. The molecule has 0 atom stereocenters. The Bertz CT molecular complexity index is 455. The van der Waals surface area contributed by atoms with Crippen molar-refractivity contribution < 1.29 is 13.2 Å². The average Bonchev–Trinajstić information content (AvgIpc) is 2.42. The molecular weight excluding hydrogens is 263 g/mol. The van der Waals surface area contributed by atoms with E-state index in [0.717, 1.165) is 0 Å². The third-order valence-electron chi connectivity index (χ3n) is 1.74. The Kier molecular flexibility index (Phi) is 3.99. The van der Waals surface area contributed by atoms with Gasteiger partial charge < -0.3 is 4.74 Å². The molecule has 0 unspecified atom stereocenters. The van der Waals surface area contributed by atoms with Crippen LogP contribution in [-0.4, -0.2) is 25.3 Å². The highest BCUT2D eigenvalue weighted by Crippen LogP contribution is 2.28. The zero-order chi connectivity index (χ0) is 11.6. The van der Waals surface area contributed by atoms with E-state index in [0.29, 0.717) is 6.54 Å².